The van der Waals surface area contributed by atoms with Crippen LogP contribution in [0.4, 0.5) is 5.69 Å². The van der Waals surface area contributed by atoms with E-state index >= 15 is 0 Å². The van der Waals surface area contributed by atoms with Gasteiger partial charge >= 0.3 is 13.5 Å². The Labute approximate surface area is 174 Å². The van der Waals surface area contributed by atoms with Crippen LogP contribution >= 0.6 is 18.9 Å². The number of aromatic carboxylic acids is 1. The topological polar surface area (TPSA) is 75.6 Å². The van der Waals surface area contributed by atoms with E-state index in [2.05, 4.69) is 5.09 Å². The van der Waals surface area contributed by atoms with Crippen LogP contribution in [-0.4, -0.2) is 17.7 Å². The van der Waals surface area contributed by atoms with E-state index in [0.29, 0.717) is 11.0 Å². The van der Waals surface area contributed by atoms with E-state index < -0.39 is 13.5 Å². The molecule has 0 bridgehead atoms. The van der Waals surface area contributed by atoms with Gasteiger partial charge in [0.15, 0.2) is 0 Å². The van der Waals surface area contributed by atoms with Crippen molar-refractivity contribution in [3.8, 4) is 10.4 Å². The molecule has 1 unspecified atom stereocenters. The molecule has 29 heavy (non-hydrogen) atoms. The first-order chi connectivity index (χ1) is 13.7. The molecule has 1 atom stereocenters. The molecule has 0 aliphatic rings. The Hall–Kier alpha value is -2.40. The molecule has 0 amide bonds. The van der Waals surface area contributed by atoms with E-state index in [-0.39, 0.29) is 11.5 Å². The first-order valence-electron chi connectivity index (χ1n) is 9.28. The second-order valence-corrected chi connectivity index (χ2v) is 10.0. The molecule has 0 aliphatic carbocycles. The van der Waals surface area contributed by atoms with Gasteiger partial charge in [-0.2, -0.15) is 0 Å². The minimum atomic E-state index is -3.51. The first-order valence-corrected chi connectivity index (χ1v) is 11.7. The second-order valence-electron chi connectivity index (χ2n) is 6.90. The summed E-state index contributed by atoms with van der Waals surface area (Å²) in [6.45, 7) is 7.83. The zero-order chi connectivity index (χ0) is 21.2. The first kappa shape index (κ1) is 21.3. The Morgan fingerprint density at radius 3 is 2.31 bits per heavy atom. The molecule has 1 aromatic heterocycles. The molecule has 0 radical (unpaired) electrons. The number of aryl methyl sites for hydroxylation is 3. The van der Waals surface area contributed by atoms with Crippen LogP contribution in [0.3, 0.4) is 0 Å². The van der Waals surface area contributed by atoms with Crippen molar-refractivity contribution in [3.63, 3.8) is 0 Å². The SMILES string of the molecule is CCOP(=O)(Nc1cc(-c2ccc(C)cc2)sc1C(=O)O)c1ccc(C)cc1C. The fraction of sp³-hybridized carbons (Fsp3) is 0.227. The van der Waals surface area contributed by atoms with Gasteiger partial charge in [-0.05, 0) is 51.0 Å². The lowest BCUT2D eigenvalue weighted by Crippen LogP contribution is -2.18. The lowest BCUT2D eigenvalue weighted by molar-refractivity contribution is 0.0703. The van der Waals surface area contributed by atoms with Gasteiger partial charge in [0, 0.05) is 4.88 Å². The van der Waals surface area contributed by atoms with Crippen LogP contribution in [-0.2, 0) is 9.09 Å². The predicted molar refractivity (Wildman–Crippen MR) is 120 cm³/mol. The van der Waals surface area contributed by atoms with Gasteiger partial charge in [0.05, 0.1) is 17.6 Å². The highest BCUT2D eigenvalue weighted by molar-refractivity contribution is 7.68. The van der Waals surface area contributed by atoms with Gasteiger partial charge in [-0.25, -0.2) is 4.79 Å². The highest BCUT2D eigenvalue weighted by Gasteiger charge is 2.30. The third-order valence-corrected chi connectivity index (χ3v) is 7.98. The van der Waals surface area contributed by atoms with Crippen LogP contribution in [0.5, 0.6) is 0 Å². The number of nitrogens with one attached hydrogen (secondary N) is 1. The maximum absolute atomic E-state index is 13.8. The third-order valence-electron chi connectivity index (χ3n) is 4.51. The average Bonchev–Trinajstić information content (AvgIpc) is 3.06. The quantitative estimate of drug-likeness (QED) is 0.450. The van der Waals surface area contributed by atoms with Crippen molar-refractivity contribution >= 4 is 35.8 Å². The Morgan fingerprint density at radius 2 is 1.72 bits per heavy atom. The molecule has 0 aliphatic heterocycles. The monoisotopic (exact) mass is 429 g/mol. The largest absolute Gasteiger partial charge is 0.477 e. The summed E-state index contributed by atoms with van der Waals surface area (Å²) in [6, 6.07) is 15.2. The average molecular weight is 429 g/mol. The third kappa shape index (κ3) is 4.61. The molecular formula is C22H24NO4PS. The van der Waals surface area contributed by atoms with Gasteiger partial charge in [0.25, 0.3) is 0 Å². The molecule has 3 rings (SSSR count). The van der Waals surface area contributed by atoms with Crippen molar-refractivity contribution in [2.75, 3.05) is 11.7 Å². The number of thiophene rings is 1. The van der Waals surface area contributed by atoms with Crippen LogP contribution in [0.2, 0.25) is 0 Å². The molecule has 0 saturated carbocycles. The van der Waals surface area contributed by atoms with Crippen LogP contribution < -0.4 is 10.4 Å². The minimum Gasteiger partial charge on any atom is -0.477 e. The Kier molecular flexibility index (Phi) is 6.27. The molecule has 152 valence electrons. The van der Waals surface area contributed by atoms with Gasteiger partial charge in [-0.1, -0.05) is 47.5 Å². The van der Waals surface area contributed by atoms with Crippen molar-refractivity contribution in [1.29, 1.82) is 0 Å². The van der Waals surface area contributed by atoms with Gasteiger partial charge in [0.2, 0.25) is 0 Å². The lowest BCUT2D eigenvalue weighted by Gasteiger charge is -2.22. The van der Waals surface area contributed by atoms with E-state index in [1.807, 2.05) is 57.2 Å². The second kappa shape index (κ2) is 8.54. The Bertz CT molecular complexity index is 1090. The highest BCUT2D eigenvalue weighted by Crippen LogP contribution is 2.49. The number of rotatable bonds is 7. The highest BCUT2D eigenvalue weighted by atomic mass is 32.1. The maximum atomic E-state index is 13.8. The van der Waals surface area contributed by atoms with E-state index in [9.17, 15) is 14.5 Å². The van der Waals surface area contributed by atoms with Gasteiger partial charge in [-0.15, -0.1) is 11.3 Å². The number of carboxylic acid groups (broad SMARTS) is 1. The molecule has 3 aromatic rings. The Balaban J connectivity index is 2.06. The summed E-state index contributed by atoms with van der Waals surface area (Å²) in [7, 11) is -3.51. The smallest absolute Gasteiger partial charge is 0.348 e. The molecule has 2 N–H and O–H groups in total. The summed E-state index contributed by atoms with van der Waals surface area (Å²) < 4.78 is 19.4. The number of hydrogen-bond donors (Lipinski definition) is 2. The van der Waals surface area contributed by atoms with E-state index in [0.717, 1.165) is 38.5 Å². The number of anilines is 1. The van der Waals surface area contributed by atoms with E-state index in [1.54, 1.807) is 19.1 Å². The van der Waals surface area contributed by atoms with Crippen LogP contribution in [0.25, 0.3) is 10.4 Å². The number of hydrogen-bond acceptors (Lipinski definition) is 4. The van der Waals surface area contributed by atoms with Gasteiger partial charge in [-0.3, -0.25) is 4.57 Å². The zero-order valence-electron chi connectivity index (χ0n) is 16.9. The fourth-order valence-electron chi connectivity index (χ4n) is 3.13. The normalized spacial score (nSPS) is 13.1. The zero-order valence-corrected chi connectivity index (χ0v) is 18.6. The molecular weight excluding hydrogens is 405 g/mol. The number of benzene rings is 2. The molecule has 0 saturated heterocycles. The molecule has 1 heterocycles. The summed E-state index contributed by atoms with van der Waals surface area (Å²) in [6.07, 6.45) is 0. The number of carboxylic acids is 1. The fourth-order valence-corrected chi connectivity index (χ4v) is 6.15. The lowest BCUT2D eigenvalue weighted by atomic mass is 10.1. The maximum Gasteiger partial charge on any atom is 0.348 e. The standard InChI is InChI=1S/C22H24NO4PS/c1-5-27-28(26,19-11-8-15(3)12-16(19)4)23-18-13-20(29-21(18)22(24)25)17-9-6-14(2)7-10-17/h6-13H,5H2,1-4H3,(H,23,26)(H,24,25). The van der Waals surface area contributed by atoms with Crippen LogP contribution in [0, 0.1) is 20.8 Å². The van der Waals surface area contributed by atoms with Crippen LogP contribution in [0.15, 0.2) is 48.5 Å². The number of carbonyl (C=O) groups is 1. The summed E-state index contributed by atoms with van der Waals surface area (Å²) in [5.41, 5.74) is 4.22. The molecule has 0 spiro atoms. The van der Waals surface area contributed by atoms with E-state index in [4.69, 9.17) is 4.52 Å². The van der Waals surface area contributed by atoms with Crippen molar-refractivity contribution in [3.05, 3.63) is 70.1 Å². The van der Waals surface area contributed by atoms with Gasteiger partial charge in [0.1, 0.15) is 4.88 Å². The summed E-state index contributed by atoms with van der Waals surface area (Å²) in [4.78, 5) is 12.7. The molecule has 0 fully saturated rings. The van der Waals surface area contributed by atoms with Crippen molar-refractivity contribution < 1.29 is 19.0 Å². The van der Waals surface area contributed by atoms with Crippen molar-refractivity contribution in [1.82, 2.24) is 0 Å². The van der Waals surface area contributed by atoms with Gasteiger partial charge < -0.3 is 14.7 Å². The molecule has 2 aromatic carbocycles. The molecule has 7 heteroatoms. The van der Waals surface area contributed by atoms with Crippen molar-refractivity contribution in [2.24, 2.45) is 0 Å². The summed E-state index contributed by atoms with van der Waals surface area (Å²) >= 11 is 1.15. The predicted octanol–water partition coefficient (Wildman–Crippen LogP) is 6.01. The van der Waals surface area contributed by atoms with Crippen LogP contribution in [0.1, 0.15) is 33.3 Å². The Morgan fingerprint density at radius 1 is 1.07 bits per heavy atom. The summed E-state index contributed by atoms with van der Waals surface area (Å²) in [5.74, 6) is -1.07. The summed E-state index contributed by atoms with van der Waals surface area (Å²) in [5, 5.41) is 13.2. The molecule has 5 nitrogen and oxygen atoms in total. The van der Waals surface area contributed by atoms with Crippen molar-refractivity contribution in [2.45, 2.75) is 27.7 Å². The van der Waals surface area contributed by atoms with E-state index in [1.165, 1.54) is 0 Å². The minimum absolute atomic E-state index is 0.102.